The maximum atomic E-state index is 13.2. The van der Waals surface area contributed by atoms with Crippen molar-refractivity contribution >= 4 is 13.3 Å². The van der Waals surface area contributed by atoms with E-state index >= 15 is 0 Å². The molecule has 6 heteroatoms. The number of hydrogen-bond donors (Lipinski definition) is 2. The highest BCUT2D eigenvalue weighted by Crippen LogP contribution is 2.55. The van der Waals surface area contributed by atoms with Gasteiger partial charge in [0.2, 0.25) is 7.37 Å². The summed E-state index contributed by atoms with van der Waals surface area (Å²) in [6, 6.07) is 12.8. The molecule has 0 aliphatic heterocycles. The lowest BCUT2D eigenvalue weighted by Gasteiger charge is -2.30. The van der Waals surface area contributed by atoms with Crippen molar-refractivity contribution in [2.75, 3.05) is 0 Å². The van der Waals surface area contributed by atoms with Gasteiger partial charge in [-0.15, -0.1) is 0 Å². The van der Waals surface area contributed by atoms with Crippen LogP contribution in [0.2, 0.25) is 0 Å². The van der Waals surface area contributed by atoms with Crippen LogP contribution in [0.5, 0.6) is 0 Å². The molecule has 1 aromatic carbocycles. The molecule has 0 fully saturated rings. The number of aromatic nitrogens is 1. The van der Waals surface area contributed by atoms with E-state index < -0.39 is 24.9 Å². The van der Waals surface area contributed by atoms with E-state index in [1.807, 2.05) is 44.2 Å². The lowest BCUT2D eigenvalue weighted by molar-refractivity contribution is -0.142. The summed E-state index contributed by atoms with van der Waals surface area (Å²) in [5.41, 5.74) is 0.933. The van der Waals surface area contributed by atoms with Crippen molar-refractivity contribution in [2.45, 2.75) is 50.8 Å². The van der Waals surface area contributed by atoms with Crippen molar-refractivity contribution in [2.24, 2.45) is 5.92 Å². The first-order valence-electron chi connectivity index (χ1n) is 9.33. The van der Waals surface area contributed by atoms with Crippen LogP contribution in [-0.2, 0) is 15.5 Å². The molecule has 0 saturated heterocycles. The summed E-state index contributed by atoms with van der Waals surface area (Å²) in [4.78, 5) is 27.0. The maximum Gasteiger partial charge on any atom is 0.307 e. The van der Waals surface area contributed by atoms with Crippen molar-refractivity contribution in [3.05, 3.63) is 66.0 Å². The molecule has 0 aliphatic carbocycles. The highest BCUT2D eigenvalue weighted by Gasteiger charge is 2.41. The van der Waals surface area contributed by atoms with Crippen molar-refractivity contribution in [3.63, 3.8) is 0 Å². The second kappa shape index (κ2) is 9.82. The van der Waals surface area contributed by atoms with Gasteiger partial charge >= 0.3 is 5.97 Å². The number of carboxylic acids is 1. The largest absolute Gasteiger partial charge is 0.481 e. The fourth-order valence-electron chi connectivity index (χ4n) is 3.55. The van der Waals surface area contributed by atoms with E-state index in [0.717, 1.165) is 11.1 Å². The van der Waals surface area contributed by atoms with Gasteiger partial charge in [-0.05, 0) is 36.0 Å². The zero-order valence-electron chi connectivity index (χ0n) is 15.9. The van der Waals surface area contributed by atoms with E-state index in [1.54, 1.807) is 24.5 Å². The standard InChI is InChI=1S/C21H28NO4P/c1-3-8-20(27(25,26)15-17-9-5-4-6-10-17)19(21(23)24)13-16(2)18-11-7-12-22-14-18/h4-7,9-12,14,16,19-20H,3,8,13,15H2,1-2H3,(H,23,24)(H,25,26). The van der Waals surface area contributed by atoms with Gasteiger partial charge in [-0.3, -0.25) is 14.3 Å². The first kappa shape index (κ1) is 21.3. The molecule has 0 amide bonds. The van der Waals surface area contributed by atoms with Crippen molar-refractivity contribution in [1.29, 1.82) is 0 Å². The van der Waals surface area contributed by atoms with Crippen molar-refractivity contribution in [3.8, 4) is 0 Å². The molecule has 0 spiro atoms. The van der Waals surface area contributed by atoms with Crippen molar-refractivity contribution in [1.82, 2.24) is 4.98 Å². The Hall–Kier alpha value is -1.97. The molecule has 5 nitrogen and oxygen atoms in total. The van der Waals surface area contributed by atoms with Crippen LogP contribution in [0.4, 0.5) is 0 Å². The zero-order valence-corrected chi connectivity index (χ0v) is 16.8. The molecule has 0 aliphatic rings. The van der Waals surface area contributed by atoms with Crippen LogP contribution < -0.4 is 0 Å². The molecule has 4 unspecified atom stereocenters. The summed E-state index contributed by atoms with van der Waals surface area (Å²) in [5, 5.41) is 9.85. The van der Waals surface area contributed by atoms with Gasteiger partial charge in [-0.1, -0.05) is 56.7 Å². The third kappa shape index (κ3) is 6.02. The van der Waals surface area contributed by atoms with Crippen LogP contribution >= 0.6 is 7.37 Å². The summed E-state index contributed by atoms with van der Waals surface area (Å²) in [7, 11) is -3.70. The number of aliphatic carboxylic acids is 1. The van der Waals surface area contributed by atoms with Crippen LogP contribution in [-0.4, -0.2) is 26.6 Å². The average Bonchev–Trinajstić information content (AvgIpc) is 2.65. The van der Waals surface area contributed by atoms with Gasteiger partial charge < -0.3 is 10.00 Å². The third-order valence-electron chi connectivity index (χ3n) is 5.00. The normalized spacial score (nSPS) is 16.9. The number of hydrogen-bond acceptors (Lipinski definition) is 3. The maximum absolute atomic E-state index is 13.2. The summed E-state index contributed by atoms with van der Waals surface area (Å²) in [6.07, 6.45) is 4.79. The number of benzene rings is 1. The van der Waals surface area contributed by atoms with E-state index in [-0.39, 0.29) is 12.1 Å². The average molecular weight is 389 g/mol. The number of carbonyl (C=O) groups is 1. The molecule has 2 N–H and O–H groups in total. The Morgan fingerprint density at radius 2 is 1.89 bits per heavy atom. The monoisotopic (exact) mass is 389 g/mol. The Balaban J connectivity index is 2.26. The molecule has 1 heterocycles. The molecule has 0 saturated carbocycles. The molecule has 2 aromatic rings. The van der Waals surface area contributed by atoms with Gasteiger partial charge in [0.05, 0.1) is 5.92 Å². The highest BCUT2D eigenvalue weighted by atomic mass is 31.2. The first-order valence-corrected chi connectivity index (χ1v) is 11.2. The topological polar surface area (TPSA) is 87.5 Å². The lowest BCUT2D eigenvalue weighted by atomic mass is 9.87. The van der Waals surface area contributed by atoms with E-state index in [9.17, 15) is 19.4 Å². The second-order valence-corrected chi connectivity index (χ2v) is 9.61. The Labute approximate surface area is 160 Å². The number of rotatable bonds is 10. The van der Waals surface area contributed by atoms with Gasteiger partial charge in [-0.25, -0.2) is 0 Å². The van der Waals surface area contributed by atoms with E-state index in [0.29, 0.717) is 19.3 Å². The number of pyridine rings is 1. The van der Waals surface area contributed by atoms with Crippen LogP contribution in [0, 0.1) is 5.92 Å². The molecule has 1 aromatic heterocycles. The fraction of sp³-hybridized carbons (Fsp3) is 0.429. The van der Waals surface area contributed by atoms with E-state index in [2.05, 4.69) is 4.98 Å². The number of carboxylic acid groups (broad SMARTS) is 1. The summed E-state index contributed by atoms with van der Waals surface area (Å²) in [5.74, 6) is -1.94. The second-order valence-electron chi connectivity index (χ2n) is 7.12. The van der Waals surface area contributed by atoms with Crippen LogP contribution in [0.3, 0.4) is 0 Å². The Morgan fingerprint density at radius 1 is 1.19 bits per heavy atom. The smallest absolute Gasteiger partial charge is 0.307 e. The van der Waals surface area contributed by atoms with E-state index in [4.69, 9.17) is 0 Å². The zero-order chi connectivity index (χ0) is 19.9. The van der Waals surface area contributed by atoms with Gasteiger partial charge in [-0.2, -0.15) is 0 Å². The summed E-state index contributed by atoms with van der Waals surface area (Å²) >= 11 is 0. The molecule has 4 atom stereocenters. The van der Waals surface area contributed by atoms with Crippen LogP contribution in [0.15, 0.2) is 54.9 Å². The molecule has 0 bridgehead atoms. The molecule has 0 radical (unpaired) electrons. The van der Waals surface area contributed by atoms with Crippen LogP contribution in [0.1, 0.15) is 50.2 Å². The predicted octanol–water partition coefficient (Wildman–Crippen LogP) is 4.92. The van der Waals surface area contributed by atoms with Crippen molar-refractivity contribution < 1.29 is 19.4 Å². The molecular formula is C21H28NO4P. The Kier molecular flexibility index (Phi) is 7.76. The molecule has 2 rings (SSSR count). The van der Waals surface area contributed by atoms with Gasteiger partial charge in [0.25, 0.3) is 0 Å². The van der Waals surface area contributed by atoms with Gasteiger partial charge in [0.1, 0.15) is 0 Å². The summed E-state index contributed by atoms with van der Waals surface area (Å²) in [6.45, 7) is 3.86. The predicted molar refractivity (Wildman–Crippen MR) is 107 cm³/mol. The van der Waals surface area contributed by atoms with Gasteiger partial charge in [0, 0.05) is 24.2 Å². The van der Waals surface area contributed by atoms with E-state index in [1.165, 1.54) is 0 Å². The molecule has 146 valence electrons. The Bertz CT molecular complexity index is 766. The summed E-state index contributed by atoms with van der Waals surface area (Å²) < 4.78 is 13.2. The molecule has 27 heavy (non-hydrogen) atoms. The molecular weight excluding hydrogens is 361 g/mol. The first-order chi connectivity index (χ1) is 12.8. The SMILES string of the molecule is CCCC(C(CC(C)c1cccnc1)C(=O)O)P(=O)(O)Cc1ccccc1. The minimum atomic E-state index is -3.70. The quantitative estimate of drug-likeness (QED) is 0.564. The minimum Gasteiger partial charge on any atom is -0.481 e. The Morgan fingerprint density at radius 3 is 2.44 bits per heavy atom. The number of nitrogens with zero attached hydrogens (tertiary/aromatic N) is 1. The highest BCUT2D eigenvalue weighted by molar-refractivity contribution is 7.58. The lowest BCUT2D eigenvalue weighted by Crippen LogP contribution is -2.30. The third-order valence-corrected chi connectivity index (χ3v) is 7.47. The van der Waals surface area contributed by atoms with Gasteiger partial charge in [0.15, 0.2) is 0 Å². The minimum absolute atomic E-state index is 0.00353. The van der Waals surface area contributed by atoms with Crippen LogP contribution in [0.25, 0.3) is 0 Å². The fourth-order valence-corrected chi connectivity index (χ4v) is 5.99.